The highest BCUT2D eigenvalue weighted by Crippen LogP contribution is 2.44. The maximum absolute atomic E-state index is 2.63. The minimum absolute atomic E-state index is 0.566. The molecule has 0 unspecified atom stereocenters. The lowest BCUT2D eigenvalue weighted by molar-refractivity contribution is -0.645. The molecule has 7 rings (SSSR count). The lowest BCUT2D eigenvalue weighted by Gasteiger charge is -2.18. The molecule has 0 aliphatic carbocycles. The molecule has 0 amide bonds. The Kier molecular flexibility index (Phi) is 5.26. The largest absolute Gasteiger partial charge is 0.295 e. The number of benzene rings is 4. The van der Waals surface area contributed by atoms with E-state index in [4.69, 9.17) is 0 Å². The molecule has 37 heavy (non-hydrogen) atoms. The van der Waals surface area contributed by atoms with E-state index in [1.807, 2.05) is 11.3 Å². The summed E-state index contributed by atoms with van der Waals surface area (Å²) in [6.45, 7) is 10.4. The van der Waals surface area contributed by atoms with E-state index < -0.39 is 0 Å². The number of aromatic nitrogens is 2. The molecule has 2 nitrogen and oxygen atoms in total. The van der Waals surface area contributed by atoms with E-state index in [0.717, 1.165) is 19.4 Å². The fourth-order valence-corrected chi connectivity index (χ4v) is 7.61. The van der Waals surface area contributed by atoms with Crippen molar-refractivity contribution in [2.24, 2.45) is 11.8 Å². The standard InChI is InChI=1S/C34H33N2S/c1-21(2)17-24-19-27-26-13-7-10-16-31(26)37-33(27)28(18-22(3)4)32(24)36-30-15-9-8-14-29(30)35-20-23-11-5-6-12-25(23)34(35)36/h5-16,19,21-22H,17-18,20H2,1-4H3/q+1. The summed E-state index contributed by atoms with van der Waals surface area (Å²) in [5.41, 5.74) is 9.80. The van der Waals surface area contributed by atoms with Crippen LogP contribution in [0.5, 0.6) is 0 Å². The Labute approximate surface area is 222 Å². The van der Waals surface area contributed by atoms with E-state index >= 15 is 0 Å². The molecule has 0 bridgehead atoms. The summed E-state index contributed by atoms with van der Waals surface area (Å²) < 4.78 is 8.01. The number of thiophene rings is 1. The predicted molar refractivity (Wildman–Crippen MR) is 158 cm³/mol. The van der Waals surface area contributed by atoms with Gasteiger partial charge in [0.05, 0.1) is 5.56 Å². The van der Waals surface area contributed by atoms with Crippen molar-refractivity contribution in [3.63, 3.8) is 0 Å². The van der Waals surface area contributed by atoms with Crippen molar-refractivity contribution >= 4 is 42.5 Å². The molecular formula is C34H33N2S+. The van der Waals surface area contributed by atoms with Gasteiger partial charge in [-0.3, -0.25) is 0 Å². The lowest BCUT2D eigenvalue weighted by atomic mass is 9.91. The second kappa shape index (κ2) is 8.56. The first-order chi connectivity index (χ1) is 18.0. The number of para-hydroxylation sites is 2. The number of hydrogen-bond donors (Lipinski definition) is 0. The van der Waals surface area contributed by atoms with Gasteiger partial charge in [0.15, 0.2) is 11.0 Å². The average Bonchev–Trinajstić information content (AvgIpc) is 3.53. The topological polar surface area (TPSA) is 8.81 Å². The lowest BCUT2D eigenvalue weighted by Crippen LogP contribution is -2.31. The number of rotatable bonds is 5. The SMILES string of the molecule is CC(C)Cc1cc2c(sc3ccccc32)c(CC(C)C)c1-n1c2[n+](c3ccccc31)Cc1ccccc1-2. The van der Waals surface area contributed by atoms with Crippen LogP contribution in [0.1, 0.15) is 44.4 Å². The maximum atomic E-state index is 2.63. The second-order valence-corrected chi connectivity index (χ2v) is 12.5. The second-order valence-electron chi connectivity index (χ2n) is 11.4. The van der Waals surface area contributed by atoms with Crippen molar-refractivity contribution in [1.29, 1.82) is 0 Å². The summed E-state index contributed by atoms with van der Waals surface area (Å²) in [6, 6.07) is 29.4. The van der Waals surface area contributed by atoms with Crippen LogP contribution in [-0.2, 0) is 19.4 Å². The Balaban J connectivity index is 1.67. The maximum Gasteiger partial charge on any atom is 0.295 e. The summed E-state index contributed by atoms with van der Waals surface area (Å²) in [5, 5.41) is 2.82. The molecule has 1 aliphatic rings. The molecule has 3 heterocycles. The van der Waals surface area contributed by atoms with Crippen LogP contribution in [0.2, 0.25) is 0 Å². The van der Waals surface area contributed by atoms with E-state index in [2.05, 4.69) is 116 Å². The number of nitrogens with zero attached hydrogens (tertiary/aromatic N) is 2. The fourth-order valence-electron chi connectivity index (χ4n) is 6.38. The summed E-state index contributed by atoms with van der Waals surface area (Å²) in [5.74, 6) is 2.46. The van der Waals surface area contributed by atoms with Gasteiger partial charge in [0.25, 0.3) is 5.82 Å². The van der Waals surface area contributed by atoms with Crippen molar-refractivity contribution in [2.45, 2.75) is 47.1 Å². The molecule has 1 aliphatic heterocycles. The summed E-state index contributed by atoms with van der Waals surface area (Å²) in [7, 11) is 0. The highest BCUT2D eigenvalue weighted by Gasteiger charge is 2.37. The monoisotopic (exact) mass is 501 g/mol. The van der Waals surface area contributed by atoms with Crippen LogP contribution in [-0.4, -0.2) is 4.57 Å². The average molecular weight is 502 g/mol. The molecule has 0 saturated carbocycles. The van der Waals surface area contributed by atoms with Crippen LogP contribution in [0.15, 0.2) is 78.9 Å². The fraction of sp³-hybridized carbons (Fsp3) is 0.265. The third kappa shape index (κ3) is 3.48. The van der Waals surface area contributed by atoms with Gasteiger partial charge in [-0.2, -0.15) is 4.57 Å². The summed E-state index contributed by atoms with van der Waals surface area (Å²) in [6.07, 6.45) is 2.13. The Bertz CT molecular complexity index is 1820. The summed E-state index contributed by atoms with van der Waals surface area (Å²) in [4.78, 5) is 0. The molecule has 0 radical (unpaired) electrons. The van der Waals surface area contributed by atoms with Crippen LogP contribution in [0.4, 0.5) is 0 Å². The molecular weight excluding hydrogens is 468 g/mol. The minimum atomic E-state index is 0.566. The molecule has 184 valence electrons. The van der Waals surface area contributed by atoms with Crippen molar-refractivity contribution in [3.8, 4) is 17.1 Å². The number of fused-ring (bicyclic) bond motifs is 8. The molecule has 6 aromatic rings. The first-order valence-corrected chi connectivity index (χ1v) is 14.4. The highest BCUT2D eigenvalue weighted by atomic mass is 32.1. The van der Waals surface area contributed by atoms with Gasteiger partial charge in [-0.15, -0.1) is 11.3 Å². The molecule has 2 aromatic heterocycles. The van der Waals surface area contributed by atoms with E-state index in [-0.39, 0.29) is 0 Å². The Morgan fingerprint density at radius 1 is 0.811 bits per heavy atom. The van der Waals surface area contributed by atoms with Gasteiger partial charge in [0.1, 0.15) is 12.2 Å². The van der Waals surface area contributed by atoms with Gasteiger partial charge in [-0.05, 0) is 55.0 Å². The molecule has 0 saturated heterocycles. The number of imidazole rings is 1. The summed E-state index contributed by atoms with van der Waals surface area (Å²) >= 11 is 1.97. The zero-order valence-electron chi connectivity index (χ0n) is 22.1. The van der Waals surface area contributed by atoms with Crippen molar-refractivity contribution in [3.05, 3.63) is 95.6 Å². The molecule has 4 aromatic carbocycles. The van der Waals surface area contributed by atoms with Gasteiger partial charge >= 0.3 is 0 Å². The Morgan fingerprint density at radius 2 is 1.54 bits per heavy atom. The Morgan fingerprint density at radius 3 is 2.38 bits per heavy atom. The van der Waals surface area contributed by atoms with Crippen molar-refractivity contribution < 1.29 is 4.57 Å². The smallest absolute Gasteiger partial charge is 0.218 e. The third-order valence-corrected chi connectivity index (χ3v) is 8.99. The quantitative estimate of drug-likeness (QED) is 0.209. The van der Waals surface area contributed by atoms with Crippen molar-refractivity contribution in [2.75, 3.05) is 0 Å². The van der Waals surface area contributed by atoms with Crippen LogP contribution < -0.4 is 4.57 Å². The first-order valence-electron chi connectivity index (χ1n) is 13.6. The molecule has 0 spiro atoms. The number of hydrogen-bond acceptors (Lipinski definition) is 1. The van der Waals surface area contributed by atoms with Crippen LogP contribution in [0, 0.1) is 11.8 Å². The van der Waals surface area contributed by atoms with Crippen LogP contribution in [0.25, 0.3) is 48.3 Å². The van der Waals surface area contributed by atoms with Gasteiger partial charge in [-0.1, -0.05) is 76.2 Å². The van der Waals surface area contributed by atoms with Gasteiger partial charge in [0.2, 0.25) is 0 Å². The third-order valence-electron chi connectivity index (χ3n) is 7.75. The zero-order valence-corrected chi connectivity index (χ0v) is 22.9. The van der Waals surface area contributed by atoms with Gasteiger partial charge in [-0.25, -0.2) is 4.57 Å². The minimum Gasteiger partial charge on any atom is -0.218 e. The highest BCUT2D eigenvalue weighted by molar-refractivity contribution is 7.26. The predicted octanol–water partition coefficient (Wildman–Crippen LogP) is 8.71. The molecule has 3 heteroatoms. The Hall–Kier alpha value is -3.43. The molecule has 0 N–H and O–H groups in total. The first kappa shape index (κ1) is 22.7. The van der Waals surface area contributed by atoms with Gasteiger partial charge in [0, 0.05) is 36.9 Å². The van der Waals surface area contributed by atoms with Crippen LogP contribution in [0.3, 0.4) is 0 Å². The van der Waals surface area contributed by atoms with E-state index in [0.29, 0.717) is 11.8 Å². The van der Waals surface area contributed by atoms with Gasteiger partial charge < -0.3 is 0 Å². The molecule has 0 atom stereocenters. The van der Waals surface area contributed by atoms with E-state index in [1.165, 1.54) is 65.0 Å². The normalized spacial score (nSPS) is 12.9. The van der Waals surface area contributed by atoms with Crippen LogP contribution >= 0.6 is 11.3 Å². The molecule has 0 fully saturated rings. The van der Waals surface area contributed by atoms with E-state index in [1.54, 1.807) is 0 Å². The van der Waals surface area contributed by atoms with Crippen molar-refractivity contribution in [1.82, 2.24) is 4.57 Å². The van der Waals surface area contributed by atoms with E-state index in [9.17, 15) is 0 Å². The zero-order chi connectivity index (χ0) is 25.3.